The molecule has 3 aliphatic heterocycles. The molecule has 2 fully saturated rings. The van der Waals surface area contributed by atoms with Crippen molar-refractivity contribution in [3.05, 3.63) is 71.3 Å². The van der Waals surface area contributed by atoms with E-state index in [1.807, 2.05) is 18.2 Å². The molecule has 0 saturated carbocycles. The number of hydrogen-bond acceptors (Lipinski definition) is 7. The molecule has 6 rings (SSSR count). The monoisotopic (exact) mass is 575 g/mol. The summed E-state index contributed by atoms with van der Waals surface area (Å²) in [6, 6.07) is 15.0. The van der Waals surface area contributed by atoms with Gasteiger partial charge in [-0.25, -0.2) is 13.2 Å². The summed E-state index contributed by atoms with van der Waals surface area (Å²) < 4.78 is 32.6. The first-order valence-electron chi connectivity index (χ1n) is 14.3. The SMILES string of the molecule is O=C(OCCN1C(=O)c2cccc3c(N4CCCCC4)ccc(c23)C1=O)c1ccc(S(=O)(=O)N2CCCCC2)cc1. The van der Waals surface area contributed by atoms with Gasteiger partial charge in [-0.05, 0) is 74.6 Å². The smallest absolute Gasteiger partial charge is 0.338 e. The van der Waals surface area contributed by atoms with E-state index in [1.54, 1.807) is 12.1 Å². The molecule has 0 radical (unpaired) electrons. The number of carbonyl (C=O) groups is 3. The van der Waals surface area contributed by atoms with Crippen molar-refractivity contribution in [3.63, 3.8) is 0 Å². The molecule has 0 aromatic heterocycles. The Labute approximate surface area is 239 Å². The fraction of sp³-hybridized carbons (Fsp3) is 0.387. The number of sulfonamides is 1. The van der Waals surface area contributed by atoms with Gasteiger partial charge in [0.05, 0.1) is 17.0 Å². The third-order valence-electron chi connectivity index (χ3n) is 8.26. The van der Waals surface area contributed by atoms with Crippen LogP contribution in [0.4, 0.5) is 5.69 Å². The van der Waals surface area contributed by atoms with Crippen LogP contribution in [0, 0.1) is 0 Å². The first-order valence-corrected chi connectivity index (χ1v) is 15.7. The van der Waals surface area contributed by atoms with Crippen molar-refractivity contribution in [1.82, 2.24) is 9.21 Å². The van der Waals surface area contributed by atoms with Gasteiger partial charge in [-0.15, -0.1) is 0 Å². The van der Waals surface area contributed by atoms with Crippen molar-refractivity contribution >= 4 is 44.3 Å². The molecule has 0 atom stereocenters. The molecule has 0 bridgehead atoms. The van der Waals surface area contributed by atoms with Gasteiger partial charge in [0.2, 0.25) is 10.0 Å². The van der Waals surface area contributed by atoms with E-state index in [1.165, 1.54) is 35.0 Å². The lowest BCUT2D eigenvalue weighted by atomic mass is 9.92. The van der Waals surface area contributed by atoms with Crippen LogP contribution in [-0.4, -0.2) is 74.7 Å². The van der Waals surface area contributed by atoms with Crippen molar-refractivity contribution in [3.8, 4) is 0 Å². The minimum absolute atomic E-state index is 0.0888. The second kappa shape index (κ2) is 11.3. The zero-order valence-corrected chi connectivity index (χ0v) is 23.7. The Bertz CT molecular complexity index is 1580. The van der Waals surface area contributed by atoms with Gasteiger partial charge < -0.3 is 9.64 Å². The van der Waals surface area contributed by atoms with Gasteiger partial charge in [0, 0.05) is 53.8 Å². The summed E-state index contributed by atoms with van der Waals surface area (Å²) in [5, 5.41) is 1.58. The normalized spacial score (nSPS) is 18.1. The standard InChI is InChI=1S/C31H33N3O6S/c35-29-25-9-7-8-24-27(32-16-3-1-4-17-32)15-14-26(28(24)25)30(36)34(29)20-21-40-31(37)22-10-12-23(13-11-22)41(38,39)33-18-5-2-6-19-33/h7-15H,1-6,16-21H2. The average Bonchev–Trinajstić information content (AvgIpc) is 3.02. The van der Waals surface area contributed by atoms with Crippen LogP contribution >= 0.6 is 0 Å². The minimum Gasteiger partial charge on any atom is -0.460 e. The van der Waals surface area contributed by atoms with E-state index in [4.69, 9.17) is 4.74 Å². The summed E-state index contributed by atoms with van der Waals surface area (Å²) in [7, 11) is -3.60. The van der Waals surface area contributed by atoms with Gasteiger partial charge in [-0.2, -0.15) is 4.31 Å². The van der Waals surface area contributed by atoms with E-state index in [-0.39, 0.29) is 23.6 Å². The number of ether oxygens (including phenoxy) is 1. The van der Waals surface area contributed by atoms with Crippen LogP contribution in [0.3, 0.4) is 0 Å². The van der Waals surface area contributed by atoms with E-state index in [0.29, 0.717) is 29.6 Å². The van der Waals surface area contributed by atoms with E-state index in [2.05, 4.69) is 4.90 Å². The van der Waals surface area contributed by atoms with Crippen LogP contribution in [-0.2, 0) is 14.8 Å². The van der Waals surface area contributed by atoms with Crippen LogP contribution in [0.5, 0.6) is 0 Å². The Kier molecular flexibility index (Phi) is 7.52. The molecule has 9 nitrogen and oxygen atoms in total. The van der Waals surface area contributed by atoms with Crippen LogP contribution in [0.2, 0.25) is 0 Å². The summed E-state index contributed by atoms with van der Waals surface area (Å²) in [6.45, 7) is 2.64. The fourth-order valence-electron chi connectivity index (χ4n) is 6.07. The Morgan fingerprint density at radius 1 is 0.756 bits per heavy atom. The van der Waals surface area contributed by atoms with Gasteiger partial charge in [-0.1, -0.05) is 18.6 Å². The number of carbonyl (C=O) groups excluding carboxylic acids is 3. The van der Waals surface area contributed by atoms with Gasteiger partial charge in [0.25, 0.3) is 11.8 Å². The Morgan fingerprint density at radius 3 is 2.07 bits per heavy atom. The van der Waals surface area contributed by atoms with Crippen molar-refractivity contribution < 1.29 is 27.5 Å². The molecule has 0 N–H and O–H groups in total. The maximum atomic E-state index is 13.4. The van der Waals surface area contributed by atoms with E-state index < -0.39 is 27.8 Å². The first-order chi connectivity index (χ1) is 19.9. The second-order valence-electron chi connectivity index (χ2n) is 10.8. The van der Waals surface area contributed by atoms with E-state index in [0.717, 1.165) is 61.2 Å². The number of anilines is 1. The highest BCUT2D eigenvalue weighted by Crippen LogP contribution is 2.36. The number of nitrogens with zero attached hydrogens (tertiary/aromatic N) is 3. The van der Waals surface area contributed by atoms with Crippen LogP contribution in [0.25, 0.3) is 10.8 Å². The maximum absolute atomic E-state index is 13.4. The van der Waals surface area contributed by atoms with E-state index >= 15 is 0 Å². The summed E-state index contributed by atoms with van der Waals surface area (Å²) in [4.78, 5) is 43.1. The largest absolute Gasteiger partial charge is 0.460 e. The highest BCUT2D eigenvalue weighted by atomic mass is 32.2. The molecule has 2 amide bonds. The quantitative estimate of drug-likeness (QED) is 0.303. The molecular formula is C31H33N3O6S. The first kappa shape index (κ1) is 27.4. The van der Waals surface area contributed by atoms with Crippen molar-refractivity contribution in [2.75, 3.05) is 44.2 Å². The molecule has 41 heavy (non-hydrogen) atoms. The predicted molar refractivity (Wildman–Crippen MR) is 155 cm³/mol. The lowest BCUT2D eigenvalue weighted by Gasteiger charge is -2.32. The third-order valence-corrected chi connectivity index (χ3v) is 10.2. The number of hydrogen-bond donors (Lipinski definition) is 0. The number of amides is 2. The second-order valence-corrected chi connectivity index (χ2v) is 12.7. The lowest BCUT2D eigenvalue weighted by Crippen LogP contribution is -2.42. The molecule has 0 spiro atoms. The topological polar surface area (TPSA) is 104 Å². The van der Waals surface area contributed by atoms with Gasteiger partial charge >= 0.3 is 5.97 Å². The Balaban J connectivity index is 1.13. The zero-order chi connectivity index (χ0) is 28.6. The van der Waals surface area contributed by atoms with Crippen LogP contribution < -0.4 is 4.90 Å². The molecule has 0 aliphatic carbocycles. The summed E-state index contributed by atoms with van der Waals surface area (Å²) >= 11 is 0. The summed E-state index contributed by atoms with van der Waals surface area (Å²) in [5.74, 6) is -1.48. The number of esters is 1. The van der Waals surface area contributed by atoms with Crippen LogP contribution in [0.1, 0.15) is 69.6 Å². The molecule has 214 valence electrons. The van der Waals surface area contributed by atoms with Crippen molar-refractivity contribution in [1.29, 1.82) is 0 Å². The van der Waals surface area contributed by atoms with Gasteiger partial charge in [0.15, 0.2) is 0 Å². The van der Waals surface area contributed by atoms with E-state index in [9.17, 15) is 22.8 Å². The predicted octanol–water partition coefficient (Wildman–Crippen LogP) is 4.46. The number of benzene rings is 3. The lowest BCUT2D eigenvalue weighted by molar-refractivity contribution is 0.0405. The highest BCUT2D eigenvalue weighted by molar-refractivity contribution is 7.89. The number of piperidine rings is 2. The molecule has 3 aromatic rings. The fourth-order valence-corrected chi connectivity index (χ4v) is 7.59. The summed E-state index contributed by atoms with van der Waals surface area (Å²) in [5.41, 5.74) is 2.17. The number of imide groups is 1. The average molecular weight is 576 g/mol. The van der Waals surface area contributed by atoms with Crippen molar-refractivity contribution in [2.45, 2.75) is 43.4 Å². The highest BCUT2D eigenvalue weighted by Gasteiger charge is 2.34. The molecule has 2 saturated heterocycles. The van der Waals surface area contributed by atoms with Gasteiger partial charge in [-0.3, -0.25) is 14.5 Å². The van der Waals surface area contributed by atoms with Gasteiger partial charge in [0.1, 0.15) is 6.61 Å². The molecule has 10 heteroatoms. The Morgan fingerprint density at radius 2 is 1.39 bits per heavy atom. The maximum Gasteiger partial charge on any atom is 0.338 e. The Hall–Kier alpha value is -3.76. The molecule has 3 aromatic carbocycles. The third kappa shape index (κ3) is 5.10. The summed E-state index contributed by atoms with van der Waals surface area (Å²) in [6.07, 6.45) is 6.15. The molecule has 3 aliphatic rings. The number of rotatable bonds is 7. The van der Waals surface area contributed by atoms with Crippen molar-refractivity contribution in [2.24, 2.45) is 0 Å². The van der Waals surface area contributed by atoms with Crippen LogP contribution in [0.15, 0.2) is 59.5 Å². The zero-order valence-electron chi connectivity index (χ0n) is 22.9. The molecule has 0 unspecified atom stereocenters. The molecular weight excluding hydrogens is 542 g/mol. The minimum atomic E-state index is -3.60. The molecule has 3 heterocycles.